The summed E-state index contributed by atoms with van der Waals surface area (Å²) in [7, 11) is 0. The molecule has 21 heavy (non-hydrogen) atoms. The molecule has 1 aromatic carbocycles. The molecule has 1 aromatic rings. The number of aliphatic carboxylic acids is 1. The number of hydrogen-bond acceptors (Lipinski definition) is 2. The Morgan fingerprint density at radius 2 is 1.81 bits per heavy atom. The van der Waals surface area contributed by atoms with Gasteiger partial charge in [-0.25, -0.2) is 9.59 Å². The number of carboxylic acid groups (broad SMARTS) is 1. The fourth-order valence-corrected chi connectivity index (χ4v) is 2.91. The van der Waals surface area contributed by atoms with Gasteiger partial charge in [0.15, 0.2) is 0 Å². The van der Waals surface area contributed by atoms with Crippen LogP contribution >= 0.6 is 23.2 Å². The molecule has 2 rings (SSSR count). The molecule has 0 heterocycles. The van der Waals surface area contributed by atoms with Crippen molar-refractivity contribution in [1.29, 1.82) is 0 Å². The molecule has 5 nitrogen and oxygen atoms in total. The normalized spacial score (nSPS) is 16.5. The van der Waals surface area contributed by atoms with Crippen molar-refractivity contribution in [3.8, 4) is 0 Å². The predicted molar refractivity (Wildman–Crippen MR) is 82.2 cm³/mol. The fraction of sp³-hybridized carbons (Fsp3) is 0.429. The fourth-order valence-electron chi connectivity index (χ4n) is 2.48. The minimum atomic E-state index is -1.19. The summed E-state index contributed by atoms with van der Waals surface area (Å²) in [4.78, 5) is 23.4. The molecule has 0 aliphatic heterocycles. The Bertz CT molecular complexity index is 584. The van der Waals surface area contributed by atoms with Crippen LogP contribution in [0.1, 0.15) is 31.2 Å². The van der Waals surface area contributed by atoms with Gasteiger partial charge in [-0.1, -0.05) is 36.0 Å². The van der Waals surface area contributed by atoms with Gasteiger partial charge in [0.05, 0.1) is 10.7 Å². The lowest BCUT2D eigenvalue weighted by Gasteiger charge is -2.25. The van der Waals surface area contributed by atoms with Crippen molar-refractivity contribution in [3.63, 3.8) is 0 Å². The van der Waals surface area contributed by atoms with Gasteiger partial charge in [0.25, 0.3) is 0 Å². The molecule has 0 unspecified atom stereocenters. The predicted octanol–water partition coefficient (Wildman–Crippen LogP) is 3.82. The van der Waals surface area contributed by atoms with E-state index < -0.39 is 17.5 Å². The van der Waals surface area contributed by atoms with Gasteiger partial charge < -0.3 is 15.7 Å². The van der Waals surface area contributed by atoms with Gasteiger partial charge in [-0.15, -0.1) is 0 Å². The van der Waals surface area contributed by atoms with Crippen molar-refractivity contribution >= 4 is 40.9 Å². The molecule has 0 aromatic heterocycles. The van der Waals surface area contributed by atoms with Crippen LogP contribution in [-0.4, -0.2) is 22.6 Å². The summed E-state index contributed by atoms with van der Waals surface area (Å²) < 4.78 is 0. The van der Waals surface area contributed by atoms with Gasteiger partial charge in [0, 0.05) is 5.02 Å². The summed E-state index contributed by atoms with van der Waals surface area (Å²) in [6, 6.07) is 2.59. The van der Waals surface area contributed by atoms with Gasteiger partial charge in [0.2, 0.25) is 0 Å². The third-order valence-electron chi connectivity index (χ3n) is 3.72. The summed E-state index contributed by atoms with van der Waals surface area (Å²) >= 11 is 12.0. The first kappa shape index (κ1) is 15.9. The van der Waals surface area contributed by atoms with Crippen LogP contribution in [0.5, 0.6) is 0 Å². The number of urea groups is 1. The molecular weight excluding hydrogens is 315 g/mol. The van der Waals surface area contributed by atoms with E-state index in [1.165, 1.54) is 0 Å². The number of hydrogen-bond donors (Lipinski definition) is 3. The highest BCUT2D eigenvalue weighted by atomic mass is 35.5. The molecule has 3 N–H and O–H groups in total. The number of halogens is 2. The summed E-state index contributed by atoms with van der Waals surface area (Å²) in [5.74, 6) is -1.01. The molecule has 0 atom stereocenters. The highest BCUT2D eigenvalue weighted by Crippen LogP contribution is 2.31. The number of carboxylic acids is 1. The zero-order valence-electron chi connectivity index (χ0n) is 11.5. The quantitative estimate of drug-likeness (QED) is 0.788. The third kappa shape index (κ3) is 3.41. The third-order valence-corrected chi connectivity index (χ3v) is 4.44. The van der Waals surface area contributed by atoms with Crippen LogP contribution in [0.15, 0.2) is 12.1 Å². The number of amides is 2. The largest absolute Gasteiger partial charge is 0.480 e. The second kappa shape index (κ2) is 6.12. The molecule has 0 bridgehead atoms. The van der Waals surface area contributed by atoms with Gasteiger partial charge >= 0.3 is 12.0 Å². The van der Waals surface area contributed by atoms with Crippen LogP contribution in [0.3, 0.4) is 0 Å². The zero-order valence-corrected chi connectivity index (χ0v) is 13.0. The maximum absolute atomic E-state index is 12.0. The van der Waals surface area contributed by atoms with Gasteiger partial charge in [-0.3, -0.25) is 0 Å². The van der Waals surface area contributed by atoms with Crippen molar-refractivity contribution in [2.45, 2.75) is 38.1 Å². The summed E-state index contributed by atoms with van der Waals surface area (Å²) in [5.41, 5.74) is -0.0425. The first-order chi connectivity index (χ1) is 9.84. The highest BCUT2D eigenvalue weighted by molar-refractivity contribution is 6.36. The smallest absolute Gasteiger partial charge is 0.329 e. The molecule has 114 valence electrons. The molecule has 0 spiro atoms. The lowest BCUT2D eigenvalue weighted by Crippen LogP contribution is -2.53. The van der Waals surface area contributed by atoms with Crippen molar-refractivity contribution in [2.75, 3.05) is 5.32 Å². The number of nitrogens with one attached hydrogen (secondary N) is 2. The maximum Gasteiger partial charge on any atom is 0.329 e. The summed E-state index contributed by atoms with van der Waals surface area (Å²) in [5, 5.41) is 15.3. The SMILES string of the molecule is Cc1cc(Cl)c(NC(=O)NC2(C(=O)O)CCCC2)cc1Cl. The Kier molecular flexibility index (Phi) is 4.64. The Hall–Kier alpha value is -1.46. The zero-order chi connectivity index (χ0) is 15.6. The molecule has 7 heteroatoms. The Labute approximate surface area is 132 Å². The number of carbonyl (C=O) groups is 2. The van der Waals surface area contributed by atoms with E-state index in [9.17, 15) is 14.7 Å². The standard InChI is InChI=1S/C14H16Cl2N2O3/c1-8-6-10(16)11(7-9(8)15)17-13(21)18-14(12(19)20)4-2-3-5-14/h6-7H,2-5H2,1H3,(H,19,20)(H2,17,18,21). The van der Waals surface area contributed by atoms with E-state index in [1.54, 1.807) is 19.1 Å². The minimum Gasteiger partial charge on any atom is -0.480 e. The van der Waals surface area contributed by atoms with Gasteiger partial charge in [-0.05, 0) is 37.5 Å². The Morgan fingerprint density at radius 3 is 2.38 bits per heavy atom. The molecule has 1 fully saturated rings. The molecule has 0 saturated heterocycles. The molecule has 0 radical (unpaired) electrons. The molecule has 1 aliphatic rings. The topological polar surface area (TPSA) is 78.4 Å². The Balaban J connectivity index is 2.12. The van der Waals surface area contributed by atoms with Gasteiger partial charge in [-0.2, -0.15) is 0 Å². The van der Waals surface area contributed by atoms with Crippen LogP contribution in [0, 0.1) is 6.92 Å². The van der Waals surface area contributed by atoms with Crippen molar-refractivity contribution < 1.29 is 14.7 Å². The summed E-state index contributed by atoms with van der Waals surface area (Å²) in [6.45, 7) is 1.80. The number of anilines is 1. The van der Waals surface area contributed by atoms with E-state index in [1.807, 2.05) is 0 Å². The first-order valence-corrected chi connectivity index (χ1v) is 7.38. The number of aryl methyl sites for hydroxylation is 1. The number of benzene rings is 1. The first-order valence-electron chi connectivity index (χ1n) is 6.62. The highest BCUT2D eigenvalue weighted by Gasteiger charge is 2.42. The van der Waals surface area contributed by atoms with E-state index in [0.29, 0.717) is 28.6 Å². The lowest BCUT2D eigenvalue weighted by atomic mass is 9.98. The van der Waals surface area contributed by atoms with E-state index in [2.05, 4.69) is 10.6 Å². The van der Waals surface area contributed by atoms with Crippen LogP contribution in [-0.2, 0) is 4.79 Å². The second-order valence-corrected chi connectivity index (χ2v) is 6.07. The van der Waals surface area contributed by atoms with Gasteiger partial charge in [0.1, 0.15) is 5.54 Å². The summed E-state index contributed by atoms with van der Waals surface area (Å²) in [6.07, 6.45) is 2.42. The van der Waals surface area contributed by atoms with Crippen LogP contribution in [0.4, 0.5) is 10.5 Å². The van der Waals surface area contributed by atoms with E-state index >= 15 is 0 Å². The lowest BCUT2D eigenvalue weighted by molar-refractivity contribution is -0.144. The van der Waals surface area contributed by atoms with Crippen molar-refractivity contribution in [1.82, 2.24) is 5.32 Å². The van der Waals surface area contributed by atoms with Crippen LogP contribution in [0.25, 0.3) is 0 Å². The van der Waals surface area contributed by atoms with Crippen LogP contribution < -0.4 is 10.6 Å². The van der Waals surface area contributed by atoms with E-state index in [-0.39, 0.29) is 0 Å². The van der Waals surface area contributed by atoms with E-state index in [4.69, 9.17) is 23.2 Å². The second-order valence-electron chi connectivity index (χ2n) is 5.25. The van der Waals surface area contributed by atoms with Crippen molar-refractivity contribution in [2.24, 2.45) is 0 Å². The maximum atomic E-state index is 12.0. The average Bonchev–Trinajstić information content (AvgIpc) is 2.85. The van der Waals surface area contributed by atoms with E-state index in [0.717, 1.165) is 18.4 Å². The molecule has 1 saturated carbocycles. The average molecular weight is 331 g/mol. The molecule has 1 aliphatic carbocycles. The number of rotatable bonds is 3. The number of carbonyl (C=O) groups excluding carboxylic acids is 1. The minimum absolute atomic E-state index is 0.350. The molecule has 2 amide bonds. The Morgan fingerprint density at radius 1 is 1.19 bits per heavy atom. The molecular formula is C14H16Cl2N2O3. The monoisotopic (exact) mass is 330 g/mol. The van der Waals surface area contributed by atoms with Crippen molar-refractivity contribution in [3.05, 3.63) is 27.7 Å². The van der Waals surface area contributed by atoms with Crippen LogP contribution in [0.2, 0.25) is 10.0 Å².